The van der Waals surface area contributed by atoms with E-state index in [1.165, 1.54) is 25.3 Å². The van der Waals surface area contributed by atoms with Crippen LogP contribution in [0.3, 0.4) is 0 Å². The third-order valence-corrected chi connectivity index (χ3v) is 4.28. The monoisotopic (exact) mass is 382 g/mol. The molecule has 1 heterocycles. The Kier molecular flexibility index (Phi) is 5.25. The topological polar surface area (TPSA) is 123 Å². The predicted octanol–water partition coefficient (Wildman–Crippen LogP) is 2.87. The average Bonchev–Trinajstić information content (AvgIpc) is 2.67. The molecule has 9 nitrogen and oxygen atoms in total. The van der Waals surface area contributed by atoms with E-state index >= 15 is 0 Å². The van der Waals surface area contributed by atoms with Gasteiger partial charge in [0.2, 0.25) is 0 Å². The number of nitrogens with zero attached hydrogens (tertiary/aromatic N) is 1. The summed E-state index contributed by atoms with van der Waals surface area (Å²) in [7, 11) is 1.50. The van der Waals surface area contributed by atoms with E-state index in [9.17, 15) is 19.7 Å². The van der Waals surface area contributed by atoms with Gasteiger partial charge in [-0.15, -0.1) is 0 Å². The van der Waals surface area contributed by atoms with Gasteiger partial charge in [0.25, 0.3) is 11.6 Å². The van der Waals surface area contributed by atoms with Crippen LogP contribution in [0.25, 0.3) is 0 Å². The lowest BCUT2D eigenvalue weighted by atomic mass is 9.94. The van der Waals surface area contributed by atoms with Crippen molar-refractivity contribution in [3.8, 4) is 5.75 Å². The molecule has 0 saturated heterocycles. The van der Waals surface area contributed by atoms with Crippen molar-refractivity contribution in [2.24, 2.45) is 0 Å². The summed E-state index contributed by atoms with van der Waals surface area (Å²) in [6.07, 6.45) is 0. The van der Waals surface area contributed by atoms with Gasteiger partial charge in [-0.25, -0.2) is 4.79 Å². The Morgan fingerprint density at radius 1 is 1.21 bits per heavy atom. The molecule has 1 atom stereocenters. The Bertz CT molecular complexity index is 986. The van der Waals surface area contributed by atoms with Gasteiger partial charge < -0.3 is 20.7 Å². The zero-order chi connectivity index (χ0) is 20.3. The van der Waals surface area contributed by atoms with Crippen molar-refractivity contribution in [1.29, 1.82) is 0 Å². The predicted molar refractivity (Wildman–Crippen MR) is 102 cm³/mol. The van der Waals surface area contributed by atoms with Gasteiger partial charge >= 0.3 is 6.03 Å². The van der Waals surface area contributed by atoms with Crippen LogP contribution >= 0.6 is 0 Å². The summed E-state index contributed by atoms with van der Waals surface area (Å²) in [6.45, 7) is 1.61. The summed E-state index contributed by atoms with van der Waals surface area (Å²) in [5, 5.41) is 18.9. The van der Waals surface area contributed by atoms with E-state index in [1.54, 1.807) is 37.3 Å². The summed E-state index contributed by atoms with van der Waals surface area (Å²) in [6, 6.07) is 11.5. The average molecular weight is 382 g/mol. The second-order valence-corrected chi connectivity index (χ2v) is 6.07. The summed E-state index contributed by atoms with van der Waals surface area (Å²) in [5.74, 6) is 0.0181. The standard InChI is InChI=1S/C19H18N4O5/c1-11-16(18(24)21-12-6-5-7-13(10-12)23(26)27)17(22-19(25)20-11)14-8-3-4-9-15(14)28-2/h3-10,17H,1-2H3,(H,21,24)(H2,20,22,25)/t17-/m0/s1. The maximum atomic E-state index is 13.0. The Labute approximate surface area is 160 Å². The van der Waals surface area contributed by atoms with E-state index < -0.39 is 22.9 Å². The second kappa shape index (κ2) is 7.78. The molecule has 0 aliphatic carbocycles. The van der Waals surface area contributed by atoms with Crippen molar-refractivity contribution in [3.63, 3.8) is 0 Å². The number of nitro benzene ring substituents is 1. The molecular formula is C19H18N4O5. The molecule has 0 bridgehead atoms. The summed E-state index contributed by atoms with van der Waals surface area (Å²) in [5.41, 5.74) is 1.40. The zero-order valence-electron chi connectivity index (χ0n) is 15.2. The molecule has 0 spiro atoms. The van der Waals surface area contributed by atoms with Crippen LogP contribution in [0.15, 0.2) is 59.8 Å². The number of anilines is 1. The first-order valence-electron chi connectivity index (χ1n) is 8.37. The van der Waals surface area contributed by atoms with E-state index in [2.05, 4.69) is 16.0 Å². The summed E-state index contributed by atoms with van der Waals surface area (Å²) < 4.78 is 5.36. The molecule has 28 heavy (non-hydrogen) atoms. The minimum Gasteiger partial charge on any atom is -0.496 e. The van der Waals surface area contributed by atoms with Crippen LogP contribution in [0.2, 0.25) is 0 Å². The number of hydrogen-bond acceptors (Lipinski definition) is 5. The van der Waals surface area contributed by atoms with Gasteiger partial charge in [0, 0.05) is 29.1 Å². The van der Waals surface area contributed by atoms with Gasteiger partial charge in [-0.2, -0.15) is 0 Å². The number of benzene rings is 2. The van der Waals surface area contributed by atoms with Gasteiger partial charge in [0.1, 0.15) is 5.75 Å². The molecule has 9 heteroatoms. The third-order valence-electron chi connectivity index (χ3n) is 4.28. The second-order valence-electron chi connectivity index (χ2n) is 6.07. The quantitative estimate of drug-likeness (QED) is 0.542. The van der Waals surface area contributed by atoms with Crippen molar-refractivity contribution >= 4 is 23.3 Å². The highest BCUT2D eigenvalue weighted by molar-refractivity contribution is 6.07. The minimum atomic E-state index is -0.747. The molecule has 0 aromatic heterocycles. The lowest BCUT2D eigenvalue weighted by Gasteiger charge is -2.29. The van der Waals surface area contributed by atoms with Gasteiger partial charge in [-0.05, 0) is 19.1 Å². The summed E-state index contributed by atoms with van der Waals surface area (Å²) in [4.78, 5) is 35.4. The van der Waals surface area contributed by atoms with Crippen LogP contribution in [0.1, 0.15) is 18.5 Å². The fourth-order valence-electron chi connectivity index (χ4n) is 3.03. The van der Waals surface area contributed by atoms with Crippen LogP contribution in [-0.4, -0.2) is 24.0 Å². The molecule has 1 aliphatic rings. The van der Waals surface area contributed by atoms with E-state index in [0.717, 1.165) is 0 Å². The number of urea groups is 1. The third kappa shape index (κ3) is 3.78. The number of amides is 3. The van der Waals surface area contributed by atoms with Gasteiger partial charge in [-0.1, -0.05) is 24.3 Å². The van der Waals surface area contributed by atoms with Crippen molar-refractivity contribution in [2.75, 3.05) is 12.4 Å². The maximum absolute atomic E-state index is 13.0. The van der Waals surface area contributed by atoms with Crippen LogP contribution in [-0.2, 0) is 4.79 Å². The molecule has 144 valence electrons. The van der Waals surface area contributed by atoms with Crippen molar-refractivity contribution in [1.82, 2.24) is 10.6 Å². The summed E-state index contributed by atoms with van der Waals surface area (Å²) >= 11 is 0. The number of nitrogens with one attached hydrogen (secondary N) is 3. The minimum absolute atomic E-state index is 0.139. The molecule has 0 unspecified atom stereocenters. The molecule has 0 fully saturated rings. The first-order chi connectivity index (χ1) is 13.4. The van der Waals surface area contributed by atoms with Crippen LogP contribution in [0.5, 0.6) is 5.75 Å². The molecule has 0 saturated carbocycles. The Morgan fingerprint density at radius 2 is 1.96 bits per heavy atom. The number of rotatable bonds is 5. The molecule has 1 aliphatic heterocycles. The van der Waals surface area contributed by atoms with Crippen molar-refractivity contribution < 1.29 is 19.2 Å². The van der Waals surface area contributed by atoms with Crippen LogP contribution in [0.4, 0.5) is 16.2 Å². The van der Waals surface area contributed by atoms with E-state index in [-0.39, 0.29) is 16.9 Å². The molecule has 2 aromatic rings. The normalized spacial score (nSPS) is 16.1. The largest absolute Gasteiger partial charge is 0.496 e. The number of para-hydroxylation sites is 1. The highest BCUT2D eigenvalue weighted by atomic mass is 16.6. The van der Waals surface area contributed by atoms with Gasteiger partial charge in [0.05, 0.1) is 23.6 Å². The lowest BCUT2D eigenvalue weighted by molar-refractivity contribution is -0.384. The van der Waals surface area contributed by atoms with Gasteiger partial charge in [0.15, 0.2) is 0 Å². The first-order valence-corrected chi connectivity index (χ1v) is 8.37. The molecule has 3 amide bonds. The number of non-ortho nitro benzene ring substituents is 1. The molecule has 0 radical (unpaired) electrons. The smallest absolute Gasteiger partial charge is 0.319 e. The fourth-order valence-corrected chi connectivity index (χ4v) is 3.03. The number of ether oxygens (including phenoxy) is 1. The fraction of sp³-hybridized carbons (Fsp3) is 0.158. The van der Waals surface area contributed by atoms with E-state index in [4.69, 9.17) is 4.74 Å². The Balaban J connectivity index is 1.97. The SMILES string of the molecule is COc1ccccc1[C@@H]1NC(=O)NC(C)=C1C(=O)Nc1cccc([N+](=O)[O-])c1. The van der Waals surface area contributed by atoms with Crippen molar-refractivity contribution in [2.45, 2.75) is 13.0 Å². The Hall–Kier alpha value is -3.88. The maximum Gasteiger partial charge on any atom is 0.319 e. The molecule has 2 aromatic carbocycles. The van der Waals surface area contributed by atoms with Gasteiger partial charge in [-0.3, -0.25) is 14.9 Å². The number of methoxy groups -OCH3 is 1. The number of allylic oxidation sites excluding steroid dienone is 1. The molecule has 3 N–H and O–H groups in total. The number of carbonyl (C=O) groups is 2. The van der Waals surface area contributed by atoms with E-state index in [1.807, 2.05) is 0 Å². The number of hydrogen-bond donors (Lipinski definition) is 3. The highest BCUT2D eigenvalue weighted by Gasteiger charge is 2.33. The lowest BCUT2D eigenvalue weighted by Crippen LogP contribution is -2.46. The first kappa shape index (κ1) is 18.9. The molecule has 3 rings (SSSR count). The number of nitro groups is 1. The highest BCUT2D eigenvalue weighted by Crippen LogP contribution is 2.33. The number of carbonyl (C=O) groups excluding carboxylic acids is 2. The van der Waals surface area contributed by atoms with Crippen LogP contribution < -0.4 is 20.7 Å². The van der Waals surface area contributed by atoms with Crippen LogP contribution in [0, 0.1) is 10.1 Å². The zero-order valence-corrected chi connectivity index (χ0v) is 15.2. The Morgan fingerprint density at radius 3 is 2.68 bits per heavy atom. The molecular weight excluding hydrogens is 364 g/mol. The van der Waals surface area contributed by atoms with E-state index in [0.29, 0.717) is 17.0 Å². The van der Waals surface area contributed by atoms with Crippen molar-refractivity contribution in [3.05, 3.63) is 75.5 Å².